The van der Waals surface area contributed by atoms with Crippen molar-refractivity contribution >= 4 is 5.97 Å². The predicted molar refractivity (Wildman–Crippen MR) is 68.5 cm³/mol. The summed E-state index contributed by atoms with van der Waals surface area (Å²) in [6, 6.07) is 1.69. The largest absolute Gasteiger partial charge is 1.00 e. The Morgan fingerprint density at radius 2 is 2.19 bits per heavy atom. The molecule has 2 heterocycles. The number of carbonyl (C=O) groups excluding carboxylic acids is 1. The molecular formula is C15H16NNaO4. The number of nitrogens with zero attached hydrogens (tertiary/aromatic N) is 1. The zero-order chi connectivity index (χ0) is 14.2. The Labute approximate surface area is 145 Å². The van der Waals surface area contributed by atoms with E-state index in [4.69, 9.17) is 9.47 Å². The Kier molecular flexibility index (Phi) is 4.96. The molecule has 106 valence electrons. The molecule has 6 heteroatoms. The number of allylic oxidation sites excluding steroid dienone is 1. The molecule has 1 aliphatic heterocycles. The van der Waals surface area contributed by atoms with Crippen molar-refractivity contribution in [3.63, 3.8) is 0 Å². The topological polar surface area (TPSA) is 71.5 Å². The number of rotatable bonds is 2. The average Bonchev–Trinajstić information content (AvgIpc) is 2.74. The Bertz CT molecular complexity index is 575. The van der Waals surface area contributed by atoms with Crippen LogP contribution in [0.15, 0.2) is 30.0 Å². The second-order valence-electron chi connectivity index (χ2n) is 5.13. The third-order valence-electron chi connectivity index (χ3n) is 4.05. The second kappa shape index (κ2) is 6.38. The van der Waals surface area contributed by atoms with Gasteiger partial charge in [0.15, 0.2) is 0 Å². The number of pyridine rings is 1. The van der Waals surface area contributed by atoms with Crippen LogP contribution in [0.5, 0.6) is 0 Å². The van der Waals surface area contributed by atoms with Gasteiger partial charge in [0, 0.05) is 18.0 Å². The first kappa shape index (κ1) is 16.3. The van der Waals surface area contributed by atoms with Crippen LogP contribution in [0.2, 0.25) is 0 Å². The van der Waals surface area contributed by atoms with Gasteiger partial charge in [-0.1, -0.05) is 6.92 Å². The normalized spacial score (nSPS) is 23.3. The number of esters is 1. The maximum atomic E-state index is 11.9. The molecule has 0 N–H and O–H groups in total. The van der Waals surface area contributed by atoms with Gasteiger partial charge in [0.1, 0.15) is 5.60 Å². The number of hydrogen-bond acceptors (Lipinski definition) is 5. The monoisotopic (exact) mass is 297 g/mol. The molecule has 0 radical (unpaired) electrons. The summed E-state index contributed by atoms with van der Waals surface area (Å²) in [5.74, 6) is -0.514. The second-order valence-corrected chi connectivity index (χ2v) is 5.13. The van der Waals surface area contributed by atoms with Crippen LogP contribution in [0.25, 0.3) is 0 Å². The zero-order valence-corrected chi connectivity index (χ0v) is 14.3. The van der Waals surface area contributed by atoms with Gasteiger partial charge in [-0.15, -0.1) is 0 Å². The molecule has 0 atom stereocenters. The van der Waals surface area contributed by atoms with Gasteiger partial charge in [0.05, 0.1) is 11.5 Å². The fraction of sp³-hybridized carbons (Fsp3) is 0.467. The molecule has 2 aliphatic rings. The summed E-state index contributed by atoms with van der Waals surface area (Å²) in [7, 11) is 0. The van der Waals surface area contributed by atoms with Gasteiger partial charge >= 0.3 is 35.5 Å². The van der Waals surface area contributed by atoms with E-state index in [0.717, 1.165) is 11.1 Å². The Hall–Kier alpha value is -1.04. The third-order valence-corrected chi connectivity index (χ3v) is 4.05. The van der Waals surface area contributed by atoms with Crippen molar-refractivity contribution in [3.8, 4) is 0 Å². The Morgan fingerprint density at radius 3 is 2.86 bits per heavy atom. The summed E-state index contributed by atoms with van der Waals surface area (Å²) in [5.41, 5.74) is 1.63. The number of hydrogen-bond donors (Lipinski definition) is 0. The minimum atomic E-state index is -0.601. The van der Waals surface area contributed by atoms with E-state index in [1.807, 2.05) is 0 Å². The van der Waals surface area contributed by atoms with E-state index in [1.54, 1.807) is 25.4 Å². The van der Waals surface area contributed by atoms with Crippen LogP contribution < -0.4 is 34.7 Å². The summed E-state index contributed by atoms with van der Waals surface area (Å²) in [6.45, 7) is 2.18. The molecule has 0 aromatic carbocycles. The van der Waals surface area contributed by atoms with Crippen molar-refractivity contribution in [2.45, 2.75) is 38.2 Å². The number of aromatic nitrogens is 1. The van der Waals surface area contributed by atoms with Gasteiger partial charge in [0.25, 0.3) is 0 Å². The van der Waals surface area contributed by atoms with E-state index < -0.39 is 5.60 Å². The van der Waals surface area contributed by atoms with E-state index in [-0.39, 0.29) is 41.5 Å². The van der Waals surface area contributed by atoms with Crippen LogP contribution in [0.1, 0.15) is 48.5 Å². The molecule has 1 saturated carbocycles. The SMILES string of the molecule is CCOC([O-])=C1CCC2(CC1)OC(=O)c1ccncc12.[Na+]. The number of fused-ring (bicyclic) bond motifs is 2. The van der Waals surface area contributed by atoms with Crippen molar-refractivity contribution in [3.05, 3.63) is 41.1 Å². The van der Waals surface area contributed by atoms with Crippen molar-refractivity contribution in [2.24, 2.45) is 0 Å². The summed E-state index contributed by atoms with van der Waals surface area (Å²) in [5, 5.41) is 11.7. The van der Waals surface area contributed by atoms with Gasteiger partial charge in [-0.3, -0.25) is 4.98 Å². The van der Waals surface area contributed by atoms with Crippen molar-refractivity contribution in [1.82, 2.24) is 4.98 Å². The molecule has 5 nitrogen and oxygen atoms in total. The van der Waals surface area contributed by atoms with Gasteiger partial charge < -0.3 is 14.6 Å². The smallest absolute Gasteiger partial charge is 0.614 e. The molecule has 21 heavy (non-hydrogen) atoms. The number of ether oxygens (including phenoxy) is 2. The number of carbonyl (C=O) groups is 1. The van der Waals surface area contributed by atoms with E-state index in [0.29, 0.717) is 37.9 Å². The van der Waals surface area contributed by atoms with Gasteiger partial charge in [-0.2, -0.15) is 0 Å². The van der Waals surface area contributed by atoms with Crippen LogP contribution in [-0.2, 0) is 15.1 Å². The van der Waals surface area contributed by atoms with E-state index in [1.165, 1.54) is 0 Å². The van der Waals surface area contributed by atoms with Gasteiger partial charge in [0.2, 0.25) is 0 Å². The minimum absolute atomic E-state index is 0. The first-order valence-electron chi connectivity index (χ1n) is 6.86. The standard InChI is InChI=1S/C15H17NO4.Na/c1-2-19-13(17)10-3-6-15(7-4-10)12-9-16-8-5-11(12)14(18)20-15;/h5,8-9,17H,2-4,6-7H2,1H3;/q;+1/p-1. The first-order valence-corrected chi connectivity index (χ1v) is 6.86. The molecule has 3 rings (SSSR count). The average molecular weight is 297 g/mol. The summed E-state index contributed by atoms with van der Waals surface area (Å²) >= 11 is 0. The molecule has 0 saturated heterocycles. The van der Waals surface area contributed by atoms with Gasteiger partial charge in [-0.25, -0.2) is 4.79 Å². The predicted octanol–water partition coefficient (Wildman–Crippen LogP) is -1.37. The Balaban J connectivity index is 0.00000161. The van der Waals surface area contributed by atoms with Crippen LogP contribution >= 0.6 is 0 Å². The molecule has 1 aliphatic carbocycles. The van der Waals surface area contributed by atoms with Crippen LogP contribution in [0.4, 0.5) is 0 Å². The van der Waals surface area contributed by atoms with E-state index in [2.05, 4.69) is 4.98 Å². The summed E-state index contributed by atoms with van der Waals surface area (Å²) in [6.07, 6.45) is 5.73. The van der Waals surface area contributed by atoms with Crippen molar-refractivity contribution in [2.75, 3.05) is 6.61 Å². The summed E-state index contributed by atoms with van der Waals surface area (Å²) < 4.78 is 10.6. The molecule has 1 aromatic rings. The van der Waals surface area contributed by atoms with Crippen molar-refractivity contribution in [1.29, 1.82) is 0 Å². The third kappa shape index (κ3) is 2.82. The minimum Gasteiger partial charge on any atom is -0.614 e. The molecule has 0 unspecified atom stereocenters. The fourth-order valence-electron chi connectivity index (χ4n) is 2.99. The van der Waals surface area contributed by atoms with Crippen LogP contribution in [0, 0.1) is 0 Å². The van der Waals surface area contributed by atoms with Crippen LogP contribution in [0.3, 0.4) is 0 Å². The molecule has 0 amide bonds. The van der Waals surface area contributed by atoms with E-state index >= 15 is 0 Å². The molecule has 1 aromatic heterocycles. The first-order chi connectivity index (χ1) is 9.66. The van der Waals surface area contributed by atoms with Crippen molar-refractivity contribution < 1.29 is 48.9 Å². The maximum absolute atomic E-state index is 11.9. The summed E-state index contributed by atoms with van der Waals surface area (Å²) in [4.78, 5) is 16.0. The molecule has 1 fully saturated rings. The molecule has 1 spiro atoms. The molecular weight excluding hydrogens is 281 g/mol. The van der Waals surface area contributed by atoms with Crippen LogP contribution in [-0.4, -0.2) is 17.6 Å². The van der Waals surface area contributed by atoms with E-state index in [9.17, 15) is 9.90 Å². The fourth-order valence-corrected chi connectivity index (χ4v) is 2.99. The molecule has 0 bridgehead atoms. The zero-order valence-electron chi connectivity index (χ0n) is 12.3. The maximum Gasteiger partial charge on any atom is 1.00 e. The quantitative estimate of drug-likeness (QED) is 0.383. The Morgan fingerprint density at radius 1 is 1.48 bits per heavy atom. The van der Waals surface area contributed by atoms with Gasteiger partial charge in [-0.05, 0) is 43.9 Å².